The number of hydrogen-bond donors (Lipinski definition) is 2. The van der Waals surface area contributed by atoms with E-state index < -0.39 is 26.8 Å². The molecule has 19 heavy (non-hydrogen) atoms. The second-order valence-corrected chi connectivity index (χ2v) is 8.17. The lowest BCUT2D eigenvalue weighted by molar-refractivity contribution is 0.199. The molecule has 106 valence electrons. The van der Waals surface area contributed by atoms with Gasteiger partial charge >= 0.3 is 0 Å². The minimum Gasteiger partial charge on any atom is -0.389 e. The fourth-order valence-electron chi connectivity index (χ4n) is 1.78. The van der Waals surface area contributed by atoms with Gasteiger partial charge in [0.2, 0.25) is 0 Å². The first-order valence-electron chi connectivity index (χ1n) is 6.13. The first-order chi connectivity index (χ1) is 8.99. The van der Waals surface area contributed by atoms with E-state index in [4.69, 9.17) is 0 Å². The minimum absolute atomic E-state index is 0.197. The Balaban J connectivity index is 2.24. The van der Waals surface area contributed by atoms with Crippen LogP contribution in [0.1, 0.15) is 18.6 Å². The maximum Gasteiger partial charge on any atom is 0.287 e. The molecule has 1 aliphatic heterocycles. The molecule has 0 saturated carbocycles. The van der Waals surface area contributed by atoms with Crippen molar-refractivity contribution in [2.75, 3.05) is 24.6 Å². The predicted molar refractivity (Wildman–Crippen MR) is 76.7 cm³/mol. The second-order valence-electron chi connectivity index (χ2n) is 4.42. The lowest BCUT2D eigenvalue weighted by atomic mass is 10.1. The summed E-state index contributed by atoms with van der Waals surface area (Å²) >= 11 is 0. The van der Waals surface area contributed by atoms with Gasteiger partial charge in [-0.25, -0.2) is 0 Å². The highest BCUT2D eigenvalue weighted by Gasteiger charge is 2.15. The van der Waals surface area contributed by atoms with Gasteiger partial charge in [-0.15, -0.1) is 3.77 Å². The highest BCUT2D eigenvalue weighted by molar-refractivity contribution is 8.00. The maximum atomic E-state index is 12.1. The quantitative estimate of drug-likeness (QED) is 0.867. The number of benzene rings is 1. The average Bonchev–Trinajstić information content (AvgIpc) is 2.39. The molecule has 0 aliphatic carbocycles. The van der Waals surface area contributed by atoms with Crippen LogP contribution in [0.4, 0.5) is 0 Å². The van der Waals surface area contributed by atoms with Crippen molar-refractivity contribution in [2.24, 2.45) is 3.77 Å². The number of aliphatic hydroxyl groups excluding tert-OH is 1. The van der Waals surface area contributed by atoms with Gasteiger partial charge in [0.25, 0.3) is 10.0 Å². The van der Waals surface area contributed by atoms with E-state index >= 15 is 0 Å². The van der Waals surface area contributed by atoms with Gasteiger partial charge < -0.3 is 10.4 Å². The molecule has 0 aromatic heterocycles. The monoisotopic (exact) mass is 302 g/mol. The Morgan fingerprint density at radius 2 is 1.84 bits per heavy atom. The number of aliphatic hydroxyl groups is 1. The van der Waals surface area contributed by atoms with Crippen molar-refractivity contribution < 1.29 is 13.5 Å². The first-order valence-corrected chi connectivity index (χ1v) is 9.09. The van der Waals surface area contributed by atoms with Crippen molar-refractivity contribution in [1.82, 2.24) is 5.32 Å². The lowest BCUT2D eigenvalue weighted by Gasteiger charge is -2.15. The van der Waals surface area contributed by atoms with Crippen LogP contribution in [0.2, 0.25) is 0 Å². The van der Waals surface area contributed by atoms with E-state index in [9.17, 15) is 13.5 Å². The van der Waals surface area contributed by atoms with E-state index in [1.165, 1.54) is 12.1 Å². The Kier molecular flexibility index (Phi) is 4.72. The topological polar surface area (TPSA) is 78.8 Å². The molecule has 1 aromatic rings. The van der Waals surface area contributed by atoms with E-state index in [-0.39, 0.29) is 4.90 Å². The summed E-state index contributed by atoms with van der Waals surface area (Å²) in [5, 5.41) is 12.6. The number of nitrogens with one attached hydrogen (secondary N) is 1. The van der Waals surface area contributed by atoms with Crippen molar-refractivity contribution in [3.63, 3.8) is 0 Å². The van der Waals surface area contributed by atoms with Crippen LogP contribution in [0.15, 0.2) is 32.9 Å². The van der Waals surface area contributed by atoms with E-state index in [0.29, 0.717) is 5.56 Å². The molecule has 5 nitrogen and oxygen atoms in total. The van der Waals surface area contributed by atoms with E-state index in [0.717, 1.165) is 24.6 Å². The molecule has 0 amide bonds. The molecular weight excluding hydrogens is 284 g/mol. The van der Waals surface area contributed by atoms with Crippen LogP contribution in [-0.4, -0.2) is 38.1 Å². The summed E-state index contributed by atoms with van der Waals surface area (Å²) < 4.78 is 28.3. The van der Waals surface area contributed by atoms with Gasteiger partial charge in [-0.05, 0) is 24.6 Å². The Morgan fingerprint density at radius 3 is 2.37 bits per heavy atom. The SMILES string of the molecule is CC(O)c1ccc(S(=O)(=O)N=S2CCNCC2)cc1. The molecule has 0 bridgehead atoms. The Labute approximate surface area is 116 Å². The normalized spacial score (nSPS) is 19.1. The summed E-state index contributed by atoms with van der Waals surface area (Å²) in [6.07, 6.45) is -0.597. The summed E-state index contributed by atoms with van der Waals surface area (Å²) in [4.78, 5) is 0.197. The van der Waals surface area contributed by atoms with E-state index in [1.807, 2.05) is 0 Å². The van der Waals surface area contributed by atoms with Gasteiger partial charge in [0.05, 0.1) is 11.0 Å². The van der Waals surface area contributed by atoms with Gasteiger partial charge in [-0.2, -0.15) is 8.42 Å². The molecule has 1 fully saturated rings. The van der Waals surface area contributed by atoms with Crippen LogP contribution in [0.3, 0.4) is 0 Å². The number of sulfonamides is 1. The molecule has 0 spiro atoms. The zero-order valence-corrected chi connectivity index (χ0v) is 12.4. The van der Waals surface area contributed by atoms with Crippen LogP contribution in [0.5, 0.6) is 0 Å². The van der Waals surface area contributed by atoms with Crippen LogP contribution in [0, 0.1) is 0 Å². The fraction of sp³-hybridized carbons (Fsp3) is 0.500. The molecule has 1 aliphatic rings. The van der Waals surface area contributed by atoms with E-state index in [2.05, 4.69) is 9.08 Å². The summed E-state index contributed by atoms with van der Waals surface area (Å²) in [6, 6.07) is 6.26. The van der Waals surface area contributed by atoms with Crippen LogP contribution in [-0.2, 0) is 20.7 Å². The third-order valence-corrected chi connectivity index (χ3v) is 6.74. The molecule has 1 unspecified atom stereocenters. The van der Waals surface area contributed by atoms with E-state index in [1.54, 1.807) is 19.1 Å². The lowest BCUT2D eigenvalue weighted by Crippen LogP contribution is -2.32. The molecule has 0 radical (unpaired) electrons. The van der Waals surface area contributed by atoms with Crippen LogP contribution >= 0.6 is 0 Å². The number of nitrogens with zero attached hydrogens (tertiary/aromatic N) is 1. The molecule has 1 heterocycles. The number of rotatable bonds is 3. The van der Waals surface area contributed by atoms with Crippen molar-refractivity contribution in [1.29, 1.82) is 0 Å². The molecule has 2 rings (SSSR count). The average molecular weight is 302 g/mol. The van der Waals surface area contributed by atoms with Crippen molar-refractivity contribution in [3.8, 4) is 0 Å². The minimum atomic E-state index is -3.57. The third kappa shape index (κ3) is 3.85. The highest BCUT2D eigenvalue weighted by atomic mass is 32.3. The van der Waals surface area contributed by atoms with Crippen molar-refractivity contribution in [2.45, 2.75) is 17.9 Å². The Bertz CT molecular complexity index is 557. The summed E-state index contributed by atoms with van der Waals surface area (Å²) in [5.41, 5.74) is 0.697. The van der Waals surface area contributed by atoms with Gasteiger partial charge in [0, 0.05) is 24.6 Å². The molecule has 7 heteroatoms. The van der Waals surface area contributed by atoms with Crippen molar-refractivity contribution >= 4 is 20.7 Å². The standard InChI is InChI=1S/C12H18N2O3S2/c1-10(15)11-2-4-12(5-3-11)19(16,17)14-18-8-6-13-7-9-18/h2-5,10,13,15H,6-9H2,1H3. The molecular formula is C12H18N2O3S2. The maximum absolute atomic E-state index is 12.1. The smallest absolute Gasteiger partial charge is 0.287 e. The van der Waals surface area contributed by atoms with Crippen molar-refractivity contribution in [3.05, 3.63) is 29.8 Å². The predicted octanol–water partition coefficient (Wildman–Crippen LogP) is 0.834. The molecule has 1 atom stereocenters. The number of hydrogen-bond acceptors (Lipinski definition) is 4. The molecule has 1 saturated heterocycles. The summed E-state index contributed by atoms with van der Waals surface area (Å²) in [5.74, 6) is 1.57. The van der Waals surface area contributed by atoms with Gasteiger partial charge in [-0.1, -0.05) is 22.8 Å². The largest absolute Gasteiger partial charge is 0.389 e. The first kappa shape index (κ1) is 14.6. The highest BCUT2D eigenvalue weighted by Crippen LogP contribution is 2.18. The van der Waals surface area contributed by atoms with Crippen LogP contribution in [0.25, 0.3) is 0 Å². The zero-order chi connectivity index (χ0) is 13.9. The third-order valence-electron chi connectivity index (χ3n) is 2.89. The zero-order valence-electron chi connectivity index (χ0n) is 10.7. The van der Waals surface area contributed by atoms with Gasteiger partial charge in [0.1, 0.15) is 0 Å². The second kappa shape index (κ2) is 6.13. The van der Waals surface area contributed by atoms with Gasteiger partial charge in [0.15, 0.2) is 0 Å². The molecule has 2 N–H and O–H groups in total. The summed E-state index contributed by atoms with van der Waals surface area (Å²) in [6.45, 7) is 3.29. The summed E-state index contributed by atoms with van der Waals surface area (Å²) in [7, 11) is -3.98. The van der Waals surface area contributed by atoms with Gasteiger partial charge in [-0.3, -0.25) is 0 Å². The Hall–Kier alpha value is -0.760. The Morgan fingerprint density at radius 1 is 1.26 bits per heavy atom. The van der Waals surface area contributed by atoms with Crippen LogP contribution < -0.4 is 5.32 Å². The fourth-order valence-corrected chi connectivity index (χ4v) is 5.28. The molecule has 1 aromatic carbocycles.